The van der Waals surface area contributed by atoms with Crippen LogP contribution in [0.25, 0.3) is 0 Å². The second-order valence-corrected chi connectivity index (χ2v) is 8.07. The van der Waals surface area contributed by atoms with E-state index in [2.05, 4.69) is 25.7 Å². The Morgan fingerprint density at radius 2 is 1.60 bits per heavy atom. The minimum absolute atomic E-state index is 0.562. The zero-order chi connectivity index (χ0) is 14.4. The van der Waals surface area contributed by atoms with E-state index < -0.39 is 0 Å². The van der Waals surface area contributed by atoms with Crippen LogP contribution < -0.4 is 0 Å². The largest absolute Gasteiger partial charge is 0.300 e. The third kappa shape index (κ3) is 4.48. The standard InChI is InChI=1S/C19H37N/c1-4-5-14-19(2,3)17-13-15-20(16-17)18-11-9-7-6-8-10-12-18/h17-18H,4-16H2,1-3H3. The lowest BCUT2D eigenvalue weighted by atomic mass is 9.74. The minimum Gasteiger partial charge on any atom is -0.300 e. The van der Waals surface area contributed by atoms with Gasteiger partial charge in [0.15, 0.2) is 0 Å². The van der Waals surface area contributed by atoms with E-state index in [0.29, 0.717) is 5.41 Å². The van der Waals surface area contributed by atoms with Crippen LogP contribution in [0.1, 0.15) is 91.4 Å². The van der Waals surface area contributed by atoms with Crippen LogP contribution >= 0.6 is 0 Å². The average Bonchev–Trinajstić information content (AvgIpc) is 2.86. The second kappa shape index (κ2) is 7.82. The van der Waals surface area contributed by atoms with Gasteiger partial charge in [0.1, 0.15) is 0 Å². The molecule has 2 fully saturated rings. The topological polar surface area (TPSA) is 3.24 Å². The van der Waals surface area contributed by atoms with E-state index >= 15 is 0 Å². The average molecular weight is 280 g/mol. The van der Waals surface area contributed by atoms with Gasteiger partial charge in [0.2, 0.25) is 0 Å². The Balaban J connectivity index is 1.83. The quantitative estimate of drug-likeness (QED) is 0.629. The molecule has 0 bridgehead atoms. The predicted octanol–water partition coefficient (Wildman–Crippen LogP) is 5.64. The molecule has 0 aromatic rings. The van der Waals surface area contributed by atoms with E-state index in [-0.39, 0.29) is 0 Å². The van der Waals surface area contributed by atoms with Gasteiger partial charge in [-0.2, -0.15) is 0 Å². The molecule has 1 saturated carbocycles. The maximum atomic E-state index is 2.86. The molecule has 1 heterocycles. The Kier molecular flexibility index (Phi) is 6.39. The number of rotatable bonds is 5. The Labute approximate surface area is 127 Å². The lowest BCUT2D eigenvalue weighted by molar-refractivity contribution is 0.154. The first-order chi connectivity index (χ1) is 9.63. The summed E-state index contributed by atoms with van der Waals surface area (Å²) in [5.74, 6) is 0.944. The Morgan fingerprint density at radius 3 is 2.25 bits per heavy atom. The van der Waals surface area contributed by atoms with Gasteiger partial charge in [-0.15, -0.1) is 0 Å². The van der Waals surface area contributed by atoms with Gasteiger partial charge >= 0.3 is 0 Å². The smallest absolute Gasteiger partial charge is 0.00953 e. The number of nitrogens with zero attached hydrogens (tertiary/aromatic N) is 1. The van der Waals surface area contributed by atoms with Gasteiger partial charge in [-0.05, 0) is 43.6 Å². The summed E-state index contributed by atoms with van der Waals surface area (Å²) in [4.78, 5) is 2.86. The van der Waals surface area contributed by atoms with Crippen LogP contribution in [0, 0.1) is 11.3 Å². The highest BCUT2D eigenvalue weighted by Gasteiger charge is 2.36. The second-order valence-electron chi connectivity index (χ2n) is 8.07. The summed E-state index contributed by atoms with van der Waals surface area (Å²) in [6.07, 6.45) is 16.0. The zero-order valence-corrected chi connectivity index (χ0v) is 14.3. The number of unbranched alkanes of at least 4 members (excludes halogenated alkanes) is 1. The number of likely N-dealkylation sites (tertiary alicyclic amines) is 1. The lowest BCUT2D eigenvalue weighted by Crippen LogP contribution is -2.35. The minimum atomic E-state index is 0.562. The van der Waals surface area contributed by atoms with Gasteiger partial charge < -0.3 is 4.90 Å². The van der Waals surface area contributed by atoms with Crippen LogP contribution in [-0.2, 0) is 0 Å². The molecule has 1 aliphatic carbocycles. The SMILES string of the molecule is CCCCC(C)(C)C1CCN(C2CCCCCCC2)C1. The molecule has 1 unspecified atom stereocenters. The van der Waals surface area contributed by atoms with E-state index in [1.54, 1.807) is 0 Å². The summed E-state index contributed by atoms with van der Waals surface area (Å²) < 4.78 is 0. The maximum absolute atomic E-state index is 2.86. The maximum Gasteiger partial charge on any atom is 0.00953 e. The number of hydrogen-bond donors (Lipinski definition) is 0. The molecule has 1 saturated heterocycles. The van der Waals surface area contributed by atoms with Gasteiger partial charge in [0, 0.05) is 12.6 Å². The molecule has 20 heavy (non-hydrogen) atoms. The van der Waals surface area contributed by atoms with Crippen molar-refractivity contribution in [2.45, 2.75) is 97.4 Å². The van der Waals surface area contributed by atoms with E-state index in [9.17, 15) is 0 Å². The third-order valence-corrected chi connectivity index (χ3v) is 6.09. The van der Waals surface area contributed by atoms with Crippen molar-refractivity contribution >= 4 is 0 Å². The van der Waals surface area contributed by atoms with Crippen molar-refractivity contribution in [3.8, 4) is 0 Å². The van der Waals surface area contributed by atoms with Crippen LogP contribution in [0.4, 0.5) is 0 Å². The fraction of sp³-hybridized carbons (Fsp3) is 1.00. The molecular weight excluding hydrogens is 242 g/mol. The van der Waals surface area contributed by atoms with Gasteiger partial charge in [-0.25, -0.2) is 0 Å². The van der Waals surface area contributed by atoms with Crippen LogP contribution in [0.15, 0.2) is 0 Å². The van der Waals surface area contributed by atoms with Crippen molar-refractivity contribution in [3.05, 3.63) is 0 Å². The number of hydrogen-bond acceptors (Lipinski definition) is 1. The van der Waals surface area contributed by atoms with Crippen LogP contribution in [-0.4, -0.2) is 24.0 Å². The summed E-state index contributed by atoms with van der Waals surface area (Å²) >= 11 is 0. The van der Waals surface area contributed by atoms with E-state index in [1.165, 1.54) is 83.7 Å². The van der Waals surface area contributed by atoms with Crippen molar-refractivity contribution in [1.82, 2.24) is 4.90 Å². The molecule has 0 aromatic carbocycles. The molecule has 1 nitrogen and oxygen atoms in total. The Morgan fingerprint density at radius 1 is 0.950 bits per heavy atom. The van der Waals surface area contributed by atoms with E-state index in [0.717, 1.165) is 12.0 Å². The van der Waals surface area contributed by atoms with E-state index in [4.69, 9.17) is 0 Å². The van der Waals surface area contributed by atoms with Gasteiger partial charge in [0.05, 0.1) is 0 Å². The fourth-order valence-electron chi connectivity index (χ4n) is 4.39. The Bertz CT molecular complexity index is 263. The fourth-order valence-corrected chi connectivity index (χ4v) is 4.39. The van der Waals surface area contributed by atoms with Crippen molar-refractivity contribution in [3.63, 3.8) is 0 Å². The summed E-state index contributed by atoms with van der Waals surface area (Å²) in [6.45, 7) is 10.1. The van der Waals surface area contributed by atoms with Crippen molar-refractivity contribution in [1.29, 1.82) is 0 Å². The molecule has 0 N–H and O–H groups in total. The van der Waals surface area contributed by atoms with Crippen LogP contribution in [0.5, 0.6) is 0 Å². The highest BCUT2D eigenvalue weighted by molar-refractivity contribution is 4.89. The van der Waals surface area contributed by atoms with E-state index in [1.807, 2.05) is 0 Å². The zero-order valence-electron chi connectivity index (χ0n) is 14.3. The molecule has 2 aliphatic rings. The summed E-state index contributed by atoms with van der Waals surface area (Å²) in [5, 5.41) is 0. The van der Waals surface area contributed by atoms with Crippen molar-refractivity contribution in [2.75, 3.05) is 13.1 Å². The van der Waals surface area contributed by atoms with Crippen molar-refractivity contribution in [2.24, 2.45) is 11.3 Å². The molecule has 0 aromatic heterocycles. The molecule has 1 aliphatic heterocycles. The molecule has 1 heteroatoms. The van der Waals surface area contributed by atoms with Crippen molar-refractivity contribution < 1.29 is 0 Å². The Hall–Kier alpha value is -0.0400. The monoisotopic (exact) mass is 279 g/mol. The molecule has 2 rings (SSSR count). The summed E-state index contributed by atoms with van der Waals surface area (Å²) in [6, 6.07) is 0.919. The molecule has 0 radical (unpaired) electrons. The first-order valence-electron chi connectivity index (χ1n) is 9.37. The lowest BCUT2D eigenvalue weighted by Gasteiger charge is -2.34. The third-order valence-electron chi connectivity index (χ3n) is 6.09. The van der Waals surface area contributed by atoms with Crippen LogP contribution in [0.3, 0.4) is 0 Å². The summed E-state index contributed by atoms with van der Waals surface area (Å²) in [5.41, 5.74) is 0.562. The van der Waals surface area contributed by atoms with Gasteiger partial charge in [0.25, 0.3) is 0 Å². The first-order valence-corrected chi connectivity index (χ1v) is 9.37. The molecule has 0 spiro atoms. The normalized spacial score (nSPS) is 27.4. The summed E-state index contributed by atoms with van der Waals surface area (Å²) in [7, 11) is 0. The highest BCUT2D eigenvalue weighted by atomic mass is 15.2. The molecule has 0 amide bonds. The first kappa shape index (κ1) is 16.3. The molecule has 118 valence electrons. The molecule has 1 atom stereocenters. The predicted molar refractivity (Wildman–Crippen MR) is 89.1 cm³/mol. The van der Waals surface area contributed by atoms with Gasteiger partial charge in [-0.1, -0.05) is 65.7 Å². The highest BCUT2D eigenvalue weighted by Crippen LogP contribution is 2.39. The van der Waals surface area contributed by atoms with Gasteiger partial charge in [-0.3, -0.25) is 0 Å². The van der Waals surface area contributed by atoms with Crippen LogP contribution in [0.2, 0.25) is 0 Å². The molecular formula is C19H37N.